The molecule has 0 spiro atoms. The molecule has 0 atom stereocenters. The fourth-order valence-electron chi connectivity index (χ4n) is 2.62. The first-order valence-electron chi connectivity index (χ1n) is 8.01. The van der Waals surface area contributed by atoms with Crippen LogP contribution in [-0.4, -0.2) is 10.9 Å². The van der Waals surface area contributed by atoms with Crippen LogP contribution in [0.1, 0.15) is 21.6 Å². The van der Waals surface area contributed by atoms with E-state index in [9.17, 15) is 9.18 Å². The van der Waals surface area contributed by atoms with Crippen molar-refractivity contribution in [3.63, 3.8) is 0 Å². The molecule has 6 heteroatoms. The molecule has 3 N–H and O–H groups in total. The summed E-state index contributed by atoms with van der Waals surface area (Å²) in [5.74, 6) is 0.0108. The first kappa shape index (κ1) is 17.4. The predicted molar refractivity (Wildman–Crippen MR) is 99.0 cm³/mol. The van der Waals surface area contributed by atoms with Gasteiger partial charge in [-0.2, -0.15) is 0 Å². The van der Waals surface area contributed by atoms with Crippen LogP contribution in [0.3, 0.4) is 0 Å². The third-order valence-electron chi connectivity index (χ3n) is 3.78. The molecule has 1 amide bonds. The van der Waals surface area contributed by atoms with E-state index in [2.05, 4.69) is 10.3 Å². The number of ether oxygens (including phenoxy) is 1. The van der Waals surface area contributed by atoms with E-state index in [-0.39, 0.29) is 17.5 Å². The lowest BCUT2D eigenvalue weighted by Crippen LogP contribution is -2.17. The number of carbonyl (C=O) groups is 1. The normalized spacial score (nSPS) is 10.4. The Labute approximate surface area is 150 Å². The summed E-state index contributed by atoms with van der Waals surface area (Å²) in [6, 6.07) is 14.6. The van der Waals surface area contributed by atoms with Gasteiger partial charge in [0.05, 0.1) is 5.56 Å². The molecule has 26 heavy (non-hydrogen) atoms. The van der Waals surface area contributed by atoms with E-state index in [1.54, 1.807) is 48.5 Å². The number of amides is 1. The average Bonchev–Trinajstić information content (AvgIpc) is 2.57. The molecule has 0 unspecified atom stereocenters. The zero-order chi connectivity index (χ0) is 18.7. The maximum Gasteiger partial charge on any atom is 0.259 e. The van der Waals surface area contributed by atoms with Crippen molar-refractivity contribution in [2.24, 2.45) is 0 Å². The molecule has 3 aromatic rings. The largest absolute Gasteiger partial charge is 0.454 e. The van der Waals surface area contributed by atoms with Crippen molar-refractivity contribution in [1.29, 1.82) is 0 Å². The predicted octanol–water partition coefficient (Wildman–Crippen LogP) is 4.46. The second kappa shape index (κ2) is 7.23. The molecule has 0 aliphatic rings. The van der Waals surface area contributed by atoms with Gasteiger partial charge in [0.1, 0.15) is 11.6 Å². The van der Waals surface area contributed by atoms with E-state index < -0.39 is 5.82 Å². The number of para-hydroxylation sites is 1. The van der Waals surface area contributed by atoms with Crippen LogP contribution in [-0.2, 0) is 0 Å². The smallest absolute Gasteiger partial charge is 0.259 e. The molecule has 0 saturated carbocycles. The van der Waals surface area contributed by atoms with Crippen molar-refractivity contribution < 1.29 is 13.9 Å². The lowest BCUT2D eigenvalue weighted by molar-refractivity contribution is 0.102. The molecular weight excluding hydrogens is 333 g/mol. The van der Waals surface area contributed by atoms with E-state index in [0.717, 1.165) is 11.3 Å². The van der Waals surface area contributed by atoms with Gasteiger partial charge in [-0.25, -0.2) is 9.37 Å². The Morgan fingerprint density at radius 1 is 1.12 bits per heavy atom. The van der Waals surface area contributed by atoms with E-state index in [1.807, 2.05) is 13.8 Å². The Hall–Kier alpha value is -3.41. The van der Waals surface area contributed by atoms with Crippen LogP contribution in [0.4, 0.5) is 15.9 Å². The summed E-state index contributed by atoms with van der Waals surface area (Å²) in [5, 5.41) is 2.77. The number of aromatic nitrogens is 1. The molecule has 0 aliphatic carbocycles. The number of nitrogens with zero attached hydrogens (tertiary/aromatic N) is 1. The Kier molecular flexibility index (Phi) is 4.84. The summed E-state index contributed by atoms with van der Waals surface area (Å²) in [7, 11) is 0. The molecule has 5 nitrogen and oxygen atoms in total. The zero-order valence-corrected chi connectivity index (χ0v) is 14.4. The highest BCUT2D eigenvalue weighted by molar-refractivity contribution is 6.08. The van der Waals surface area contributed by atoms with E-state index >= 15 is 0 Å². The van der Waals surface area contributed by atoms with Crippen molar-refractivity contribution >= 4 is 17.4 Å². The highest BCUT2D eigenvalue weighted by Crippen LogP contribution is 2.25. The second-order valence-corrected chi connectivity index (χ2v) is 5.85. The first-order chi connectivity index (χ1) is 12.4. The maximum atomic E-state index is 13.6. The Bertz CT molecular complexity index is 933. The Balaban J connectivity index is 1.74. The van der Waals surface area contributed by atoms with Crippen molar-refractivity contribution in [3.05, 3.63) is 77.2 Å². The molecule has 3 rings (SSSR count). The van der Waals surface area contributed by atoms with Gasteiger partial charge in [0.15, 0.2) is 11.6 Å². The molecule has 1 heterocycles. The minimum Gasteiger partial charge on any atom is -0.454 e. The topological polar surface area (TPSA) is 77.2 Å². The molecule has 0 fully saturated rings. The van der Waals surface area contributed by atoms with Gasteiger partial charge in [0.25, 0.3) is 5.91 Å². The van der Waals surface area contributed by atoms with Crippen LogP contribution in [0.5, 0.6) is 11.5 Å². The number of hydrogen-bond donors (Lipinski definition) is 2. The summed E-state index contributed by atoms with van der Waals surface area (Å²) in [6.45, 7) is 3.63. The summed E-state index contributed by atoms with van der Waals surface area (Å²) in [5.41, 5.74) is 8.30. The van der Waals surface area contributed by atoms with Gasteiger partial charge >= 0.3 is 0 Å². The maximum absolute atomic E-state index is 13.6. The highest BCUT2D eigenvalue weighted by atomic mass is 19.1. The van der Waals surface area contributed by atoms with Gasteiger partial charge in [0.2, 0.25) is 0 Å². The Morgan fingerprint density at radius 3 is 2.46 bits per heavy atom. The number of halogens is 1. The third-order valence-corrected chi connectivity index (χ3v) is 3.78. The van der Waals surface area contributed by atoms with Crippen LogP contribution >= 0.6 is 0 Å². The first-order valence-corrected chi connectivity index (χ1v) is 8.01. The van der Waals surface area contributed by atoms with Crippen molar-refractivity contribution in [2.45, 2.75) is 13.8 Å². The zero-order valence-electron chi connectivity index (χ0n) is 14.4. The van der Waals surface area contributed by atoms with Gasteiger partial charge in [-0.15, -0.1) is 0 Å². The number of benzene rings is 2. The number of rotatable bonds is 4. The number of carbonyl (C=O) groups excluding carboxylic acids is 1. The lowest BCUT2D eigenvalue weighted by Gasteiger charge is -2.11. The molecule has 0 aliphatic heterocycles. The van der Waals surface area contributed by atoms with Crippen LogP contribution in [0.15, 0.2) is 54.6 Å². The van der Waals surface area contributed by atoms with Crippen LogP contribution in [0.25, 0.3) is 0 Å². The minimum atomic E-state index is -0.442. The number of pyridine rings is 1. The van der Waals surface area contributed by atoms with E-state index in [0.29, 0.717) is 17.0 Å². The van der Waals surface area contributed by atoms with Gasteiger partial charge in [-0.1, -0.05) is 12.1 Å². The van der Waals surface area contributed by atoms with Gasteiger partial charge in [-0.3, -0.25) is 4.79 Å². The fraction of sp³-hybridized carbons (Fsp3) is 0.100. The lowest BCUT2D eigenvalue weighted by atomic mass is 10.1. The summed E-state index contributed by atoms with van der Waals surface area (Å²) >= 11 is 0. The summed E-state index contributed by atoms with van der Waals surface area (Å²) in [6.07, 6.45) is 0. The number of nitrogens with one attached hydrogen (secondary N) is 1. The minimum absolute atomic E-state index is 0.137. The molecule has 132 valence electrons. The molecule has 2 aromatic carbocycles. The van der Waals surface area contributed by atoms with Gasteiger partial charge in [0, 0.05) is 11.4 Å². The highest BCUT2D eigenvalue weighted by Gasteiger charge is 2.15. The number of hydrogen-bond acceptors (Lipinski definition) is 4. The molecule has 0 radical (unpaired) electrons. The molecular formula is C20H18FN3O2. The van der Waals surface area contributed by atoms with E-state index in [1.165, 1.54) is 6.07 Å². The number of nitrogens with two attached hydrogens (primary N) is 1. The van der Waals surface area contributed by atoms with Crippen molar-refractivity contribution in [2.75, 3.05) is 11.1 Å². The van der Waals surface area contributed by atoms with E-state index in [4.69, 9.17) is 10.5 Å². The number of anilines is 2. The molecule has 0 bridgehead atoms. The van der Waals surface area contributed by atoms with Crippen molar-refractivity contribution in [3.8, 4) is 11.5 Å². The monoisotopic (exact) mass is 351 g/mol. The fourth-order valence-corrected chi connectivity index (χ4v) is 2.62. The van der Waals surface area contributed by atoms with Crippen LogP contribution in [0.2, 0.25) is 0 Å². The molecule has 0 saturated heterocycles. The standard InChI is InChI=1S/C20H18FN3O2/c1-12-11-13(2)23-19(22)18(12)20(25)24-14-7-9-15(10-8-14)26-17-6-4-3-5-16(17)21/h3-11H,1-2H3,(H2,22,23)(H,24,25). The van der Waals surface area contributed by atoms with Crippen LogP contribution in [0, 0.1) is 19.7 Å². The third kappa shape index (κ3) is 3.80. The quantitative estimate of drug-likeness (QED) is 0.727. The van der Waals surface area contributed by atoms with Gasteiger partial charge in [-0.05, 0) is 61.9 Å². The summed E-state index contributed by atoms with van der Waals surface area (Å²) in [4.78, 5) is 16.6. The summed E-state index contributed by atoms with van der Waals surface area (Å²) < 4.78 is 19.1. The second-order valence-electron chi connectivity index (χ2n) is 5.85. The van der Waals surface area contributed by atoms with Crippen molar-refractivity contribution in [1.82, 2.24) is 4.98 Å². The average molecular weight is 351 g/mol. The van der Waals surface area contributed by atoms with Crippen LogP contribution < -0.4 is 15.8 Å². The number of nitrogen functional groups attached to an aromatic ring is 1. The number of aryl methyl sites for hydroxylation is 2. The molecule has 1 aromatic heterocycles. The Morgan fingerprint density at radius 2 is 1.81 bits per heavy atom. The SMILES string of the molecule is Cc1cc(C)c(C(=O)Nc2ccc(Oc3ccccc3F)cc2)c(N)n1. The van der Waals surface area contributed by atoms with Gasteiger partial charge < -0.3 is 15.8 Å².